The van der Waals surface area contributed by atoms with Crippen LogP contribution < -0.4 is 43.4 Å². The van der Waals surface area contributed by atoms with Gasteiger partial charge in [-0.05, 0) is 225 Å². The molecule has 0 unspecified atom stereocenters. The van der Waals surface area contributed by atoms with Crippen LogP contribution in [0.5, 0.6) is 0 Å². The van der Waals surface area contributed by atoms with Crippen LogP contribution in [0.4, 0.5) is 21.9 Å². The number of nitrogens with two attached hydrogens (primary N) is 2. The van der Waals surface area contributed by atoms with Crippen molar-refractivity contribution in [2.75, 3.05) is 102 Å². The number of benzene rings is 4. The van der Waals surface area contributed by atoms with E-state index in [1.54, 1.807) is 19.2 Å². The van der Waals surface area contributed by atoms with Crippen molar-refractivity contribution in [3.8, 4) is 0 Å². The van der Waals surface area contributed by atoms with Crippen LogP contribution in [0.3, 0.4) is 0 Å². The molecule has 0 aromatic heterocycles. The van der Waals surface area contributed by atoms with Gasteiger partial charge in [0.05, 0.1) is 11.5 Å². The molecule has 4 saturated carbocycles. The molecule has 133 heavy (non-hydrogen) atoms. The van der Waals surface area contributed by atoms with Gasteiger partial charge >= 0.3 is 6.03 Å². The molecule has 12 aliphatic rings. The van der Waals surface area contributed by atoms with E-state index < -0.39 is 62.2 Å². The fourth-order valence-corrected chi connectivity index (χ4v) is 24.6. The second-order valence-electron chi connectivity index (χ2n) is 36.0. The molecule has 11 N–H and O–H groups in total. The summed E-state index contributed by atoms with van der Waals surface area (Å²) >= 11 is 3.37. The Morgan fingerprint density at radius 3 is 1.14 bits per heavy atom. The van der Waals surface area contributed by atoms with Crippen molar-refractivity contribution in [3.63, 3.8) is 0 Å². The van der Waals surface area contributed by atoms with Gasteiger partial charge in [0, 0.05) is 150 Å². The molecule has 8 aliphatic heterocycles. The summed E-state index contributed by atoms with van der Waals surface area (Å²) < 4.78 is 108. The summed E-state index contributed by atoms with van der Waals surface area (Å²) in [7, 11) is -9.89. The number of carbonyl (C=O) groups is 5. The maximum Gasteiger partial charge on any atom is 0.318 e. The van der Waals surface area contributed by atoms with E-state index >= 15 is 0 Å². The third kappa shape index (κ3) is 28.1. The number of aliphatic hydroxyl groups is 1. The number of aryl methyl sites for hydroxylation is 3. The van der Waals surface area contributed by atoms with Gasteiger partial charge in [-0.3, -0.25) is 39.1 Å². The molecule has 6 amide bonds. The number of amidine groups is 4. The number of urea groups is 1. The summed E-state index contributed by atoms with van der Waals surface area (Å²) in [5.74, 6) is 4.55. The van der Waals surface area contributed by atoms with Crippen molar-refractivity contribution in [3.05, 3.63) is 147 Å². The van der Waals surface area contributed by atoms with Gasteiger partial charge in [0.15, 0.2) is 0 Å². The van der Waals surface area contributed by atoms with Crippen LogP contribution in [0.1, 0.15) is 224 Å². The van der Waals surface area contributed by atoms with Gasteiger partial charge in [-0.15, -0.1) is 0 Å². The van der Waals surface area contributed by atoms with Crippen LogP contribution in [0.2, 0.25) is 0 Å². The first-order valence-corrected chi connectivity index (χ1v) is 53.3. The molecule has 0 bridgehead atoms. The first-order chi connectivity index (χ1) is 62.4. The Bertz CT molecular complexity index is 5400. The number of sulfonamides is 4. The Balaban J connectivity index is 0.000000208. The first-order valence-electron chi connectivity index (χ1n) is 46.3. The molecule has 4 aromatic rings. The average molecular weight is 2070 g/mol. The summed E-state index contributed by atoms with van der Waals surface area (Å²) in [4.78, 5) is 93.4. The van der Waals surface area contributed by atoms with Crippen molar-refractivity contribution < 1.29 is 88.0 Å². The normalized spacial score (nSPS) is 21.0. The van der Waals surface area contributed by atoms with Crippen LogP contribution in [0, 0.1) is 65.7 Å². The number of anilines is 3. The van der Waals surface area contributed by atoms with Crippen molar-refractivity contribution >= 4 is 138 Å². The third-order valence-electron chi connectivity index (χ3n) is 28.0. The number of nitrogens with one attached hydrogen (secondary N) is 6. The predicted octanol–water partition coefficient (Wildman–Crippen LogP) is 12.3. The molecular weight excluding hydrogens is 1930 g/mol. The number of carbonyl (C=O) groups excluding carboxylic acids is 6. The van der Waals surface area contributed by atoms with E-state index in [9.17, 15) is 57.6 Å². The molecule has 16 rings (SSSR count). The summed E-state index contributed by atoms with van der Waals surface area (Å²) in [5, 5.41) is 26.6. The maximum absolute atomic E-state index is 13.1. The first kappa shape index (κ1) is 110. The second-order valence-corrected chi connectivity index (χ2v) is 44.8. The van der Waals surface area contributed by atoms with Gasteiger partial charge in [-0.25, -0.2) is 56.9 Å². The van der Waals surface area contributed by atoms with Crippen LogP contribution in [0.25, 0.3) is 6.08 Å². The molecule has 4 spiro atoms. The van der Waals surface area contributed by atoms with Crippen LogP contribution in [-0.4, -0.2) is 222 Å². The number of hydrogen-bond donors (Lipinski definition) is 9. The van der Waals surface area contributed by atoms with Gasteiger partial charge in [-0.1, -0.05) is 148 Å². The fraction of sp³-hybridized carbons (Fsp3) is 0.589. The van der Waals surface area contributed by atoms with E-state index in [0.717, 1.165) is 142 Å². The Kier molecular flexibility index (Phi) is 41.3. The predicted molar refractivity (Wildman–Crippen MR) is 527 cm³/mol. The molecule has 736 valence electrons. The smallest absolute Gasteiger partial charge is 0.318 e. The van der Waals surface area contributed by atoms with E-state index in [2.05, 4.69) is 59.4 Å². The number of aliphatic imine (C=N–C) groups is 5. The molecule has 4 aromatic carbocycles. The standard InChI is InChI=1S/C24H35N5O4S.C23H31N3O3S.C22H32N4O3S.C15H23N3O3S.C7H8BrN.C2H3NO.CH4O.CH3.Pd/c1-17-18(9-6-10-20(17)26-23(31)25-2)11-16-34(32,33)29-14-12-24(13-15-29)22(30)27-21(28-24)19-7-4-3-5-8-19;1-17-7-6-10-19(18(17)2)11-16-30(28,29)26-14-12-23(13-15-26)22(27)24-21(25-23)20-8-4-3-5-9-20;1-16-17(8-5-9-19(16)23)10-15-30(28,29)26-13-11-22(12-14-26)21(27)24-20(25-22)18-6-3-2-4-7-18;1-2-22(20,21)18-10-8-15(9-11-18)14(19)16-13(17-15)12-6-4-3-5-7-12;1-5-6(8)3-2-4-7(5)9;1-3-2-4;1-2;;/h6,9-10,19H,3-5,7-8,11-16H2,1-2H3,(H2,25,26,31)(H,27,28,30);6-7,10-11,16,20H,3-5,8-9,12-15H2,1-2H3,(H,24,25,27);5,8-9,18H,2-4,6-7,10-15,23H2,1H3,(H,24,25,27);2,12H,1,3-11H2,(H,16,17,19);2-4H,9H2,1H3;1H3;2H,1H3;1H3;/q;;;;;;;-1;/b;16-11+;;;;;;;. The molecular formula is C95H139BrN17O15PdS4-. The number of nitrogen functional groups attached to an aromatic ring is 2. The summed E-state index contributed by atoms with van der Waals surface area (Å²) in [6.45, 7) is 15.7. The number of isocyanates is 1. The zero-order chi connectivity index (χ0) is 95.1. The minimum Gasteiger partial charge on any atom is -0.400 e. The Hall–Kier alpha value is -8.09. The van der Waals surface area contributed by atoms with Crippen molar-refractivity contribution in [2.45, 2.75) is 249 Å². The Morgan fingerprint density at radius 1 is 0.496 bits per heavy atom. The van der Waals surface area contributed by atoms with Crippen molar-refractivity contribution in [1.29, 1.82) is 0 Å². The monoisotopic (exact) mass is 2070 g/mol. The second kappa shape index (κ2) is 49.8. The number of halogens is 1. The van der Waals surface area contributed by atoms with Gasteiger partial charge < -0.3 is 55.9 Å². The summed E-state index contributed by atoms with van der Waals surface area (Å²) in [5.41, 5.74) is 18.5. The van der Waals surface area contributed by atoms with E-state index in [1.807, 2.05) is 101 Å². The van der Waals surface area contributed by atoms with E-state index in [0.29, 0.717) is 152 Å². The minimum atomic E-state index is -3.54. The van der Waals surface area contributed by atoms with E-state index in [-0.39, 0.29) is 69.0 Å². The zero-order valence-corrected chi connectivity index (χ0v) is 85.0. The zero-order valence-electron chi connectivity index (χ0n) is 78.6. The van der Waals surface area contributed by atoms with Crippen LogP contribution >= 0.6 is 15.9 Å². The van der Waals surface area contributed by atoms with Crippen molar-refractivity contribution in [2.24, 2.45) is 48.6 Å². The van der Waals surface area contributed by atoms with Crippen LogP contribution in [0.15, 0.2) is 120 Å². The minimum absolute atomic E-state index is 0. The average Bonchev–Trinajstić information content (AvgIpc) is 1.65. The number of rotatable bonds is 18. The molecule has 4 saturated heterocycles. The number of amides is 6. The maximum atomic E-state index is 13.1. The van der Waals surface area contributed by atoms with Crippen LogP contribution in [-0.2, 0) is 97.3 Å². The molecule has 8 fully saturated rings. The Labute approximate surface area is 810 Å². The molecule has 4 aliphatic carbocycles. The van der Waals surface area contributed by atoms with Gasteiger partial charge in [0.1, 0.15) is 45.5 Å². The van der Waals surface area contributed by atoms with E-state index in [1.165, 1.54) is 113 Å². The summed E-state index contributed by atoms with van der Waals surface area (Å²) in [6.07, 6.45) is 30.4. The molecule has 8 heterocycles. The van der Waals surface area contributed by atoms with Gasteiger partial charge in [0.25, 0.3) is 23.6 Å². The molecule has 0 atom stereocenters. The van der Waals surface area contributed by atoms with E-state index in [4.69, 9.17) is 41.3 Å². The topological polar surface area (TPSA) is 458 Å². The summed E-state index contributed by atoms with van der Waals surface area (Å²) in [6, 6.07) is 22.4. The Morgan fingerprint density at radius 2 is 0.812 bits per heavy atom. The van der Waals surface area contributed by atoms with Gasteiger partial charge in [-0.2, -0.15) is 8.61 Å². The number of nitrogens with zero attached hydrogens (tertiary/aromatic N) is 9. The number of hydrogen-bond acceptors (Lipinski definition) is 22. The third-order valence-corrected chi connectivity index (χ3v) is 35.7. The number of piperidine rings is 4. The van der Waals surface area contributed by atoms with Gasteiger partial charge in [0.2, 0.25) is 46.2 Å². The molecule has 0 radical (unpaired) electrons. The SMILES string of the molecule is C=CS(=O)(=O)N1CCC2(CC1)N=C(C1CCCCC1)NC2=O.CN=C=O.CNC(=O)Nc1cccc(CCS(=O)(=O)N2CCC3(CC2)N=C(C2CCCCC2)NC3=O)c1C.CO.Cc1c(N)cccc1Br.Cc1c(N)cccc1CCS(=O)(=O)N1CCC2(CC1)N=C(C1CCCCC1)NC2=O.Cc1cccc(/C=C/S(=O)(=O)N2CCC3(CC2)N=C(C2CCCCC2)NC3=O)c1C.[CH3-].[Pd]. The quantitative estimate of drug-likeness (QED) is 0.0147. The number of aliphatic hydroxyl groups excluding tert-OH is 1. The molecule has 38 heteroatoms. The largest absolute Gasteiger partial charge is 0.400 e. The van der Waals surface area contributed by atoms with Crippen molar-refractivity contribution in [1.82, 2.24) is 43.8 Å². The fourth-order valence-electron chi connectivity index (χ4n) is 19.2. The molecule has 32 nitrogen and oxygen atoms in total.